The van der Waals surface area contributed by atoms with Gasteiger partial charge in [-0.3, -0.25) is 9.59 Å². The standard InChI is InChI=1S/C24H21NO5S/c1-15-6-9-17(10-7-15)25-23(26)21(16-8-11-19(28-2)20(13-16)29-3)22(24(25)27)31-14-18-5-4-12-30-18/h4-13H,14H2,1-3H3. The second-order valence-corrected chi connectivity index (χ2v) is 7.91. The minimum Gasteiger partial charge on any atom is -0.493 e. The monoisotopic (exact) mass is 435 g/mol. The number of ether oxygens (including phenoxy) is 2. The van der Waals surface area contributed by atoms with Gasteiger partial charge in [0.05, 0.1) is 42.4 Å². The minimum atomic E-state index is -0.372. The molecule has 0 saturated heterocycles. The summed E-state index contributed by atoms with van der Waals surface area (Å²) in [7, 11) is 3.08. The molecule has 6 nitrogen and oxygen atoms in total. The first kappa shape index (κ1) is 20.8. The fraction of sp³-hybridized carbons (Fsp3) is 0.167. The summed E-state index contributed by atoms with van der Waals surface area (Å²) in [4.78, 5) is 28.4. The van der Waals surface area contributed by atoms with Crippen molar-refractivity contribution in [1.29, 1.82) is 0 Å². The third kappa shape index (κ3) is 3.96. The van der Waals surface area contributed by atoms with E-state index in [4.69, 9.17) is 13.9 Å². The van der Waals surface area contributed by atoms with Gasteiger partial charge >= 0.3 is 0 Å². The lowest BCUT2D eigenvalue weighted by Crippen LogP contribution is -2.31. The van der Waals surface area contributed by atoms with Crippen molar-refractivity contribution in [3.63, 3.8) is 0 Å². The Labute approximate surface area is 184 Å². The van der Waals surface area contributed by atoms with Crippen molar-refractivity contribution in [3.8, 4) is 11.5 Å². The van der Waals surface area contributed by atoms with Crippen LogP contribution in [0, 0.1) is 6.92 Å². The second kappa shape index (κ2) is 8.73. The van der Waals surface area contributed by atoms with E-state index in [0.29, 0.717) is 39.0 Å². The molecule has 0 saturated carbocycles. The highest BCUT2D eigenvalue weighted by Crippen LogP contribution is 2.41. The zero-order chi connectivity index (χ0) is 22.0. The SMILES string of the molecule is COc1ccc(C2=C(SCc3ccco3)C(=O)N(c3ccc(C)cc3)C2=O)cc1OC. The van der Waals surface area contributed by atoms with Gasteiger partial charge in [0.25, 0.3) is 11.8 Å². The van der Waals surface area contributed by atoms with Crippen LogP contribution in [-0.4, -0.2) is 26.0 Å². The predicted molar refractivity (Wildman–Crippen MR) is 120 cm³/mol. The lowest BCUT2D eigenvalue weighted by atomic mass is 10.1. The van der Waals surface area contributed by atoms with Gasteiger partial charge in [-0.15, -0.1) is 11.8 Å². The van der Waals surface area contributed by atoms with Crippen molar-refractivity contribution in [2.24, 2.45) is 0 Å². The van der Waals surface area contributed by atoms with Crippen LogP contribution in [0.25, 0.3) is 5.57 Å². The number of imide groups is 1. The van der Waals surface area contributed by atoms with E-state index in [0.717, 1.165) is 11.3 Å². The van der Waals surface area contributed by atoms with E-state index in [1.54, 1.807) is 49.8 Å². The lowest BCUT2D eigenvalue weighted by molar-refractivity contribution is -0.119. The van der Waals surface area contributed by atoms with Crippen LogP contribution in [-0.2, 0) is 15.3 Å². The summed E-state index contributed by atoms with van der Waals surface area (Å²) < 4.78 is 16.1. The van der Waals surface area contributed by atoms with Crippen molar-refractivity contribution in [3.05, 3.63) is 82.7 Å². The first-order valence-electron chi connectivity index (χ1n) is 9.60. The topological polar surface area (TPSA) is 69.0 Å². The molecule has 4 rings (SSSR count). The van der Waals surface area contributed by atoms with Crippen LogP contribution in [0.5, 0.6) is 11.5 Å². The maximum absolute atomic E-state index is 13.5. The molecule has 7 heteroatoms. The molecule has 3 aromatic rings. The largest absolute Gasteiger partial charge is 0.493 e. The average molecular weight is 436 g/mol. The fourth-order valence-corrected chi connectivity index (χ4v) is 4.37. The Morgan fingerprint density at radius 3 is 2.32 bits per heavy atom. The van der Waals surface area contributed by atoms with Crippen LogP contribution in [0.1, 0.15) is 16.9 Å². The molecule has 0 aliphatic carbocycles. The molecule has 1 aliphatic heterocycles. The lowest BCUT2D eigenvalue weighted by Gasteiger charge is -2.15. The quantitative estimate of drug-likeness (QED) is 0.496. The highest BCUT2D eigenvalue weighted by molar-refractivity contribution is 8.03. The molecule has 2 heterocycles. The highest BCUT2D eigenvalue weighted by atomic mass is 32.2. The first-order valence-corrected chi connectivity index (χ1v) is 10.6. The molecule has 0 N–H and O–H groups in total. The molecular formula is C24H21NO5S. The van der Waals surface area contributed by atoms with Gasteiger partial charge in [0.2, 0.25) is 0 Å². The normalized spacial score (nSPS) is 13.8. The summed E-state index contributed by atoms with van der Waals surface area (Å²) in [6, 6.07) is 16.1. The summed E-state index contributed by atoms with van der Waals surface area (Å²) in [5.41, 5.74) is 2.51. The van der Waals surface area contributed by atoms with Crippen LogP contribution in [0.4, 0.5) is 5.69 Å². The highest BCUT2D eigenvalue weighted by Gasteiger charge is 2.40. The number of carbonyl (C=O) groups excluding carboxylic acids is 2. The number of carbonyl (C=O) groups is 2. The molecular weight excluding hydrogens is 414 g/mol. The van der Waals surface area contributed by atoms with Gasteiger partial charge in [-0.05, 0) is 48.9 Å². The molecule has 2 aromatic carbocycles. The molecule has 0 unspecified atom stereocenters. The van der Waals surface area contributed by atoms with Gasteiger partial charge in [0.1, 0.15) is 5.76 Å². The minimum absolute atomic E-state index is 0.336. The van der Waals surface area contributed by atoms with Crippen molar-refractivity contribution in [2.75, 3.05) is 19.1 Å². The van der Waals surface area contributed by atoms with E-state index in [1.807, 2.05) is 25.1 Å². The van der Waals surface area contributed by atoms with Crippen molar-refractivity contribution in [2.45, 2.75) is 12.7 Å². The van der Waals surface area contributed by atoms with Crippen LogP contribution in [0.15, 0.2) is 70.2 Å². The van der Waals surface area contributed by atoms with Gasteiger partial charge in [-0.1, -0.05) is 23.8 Å². The molecule has 0 spiro atoms. The summed E-state index contributed by atoms with van der Waals surface area (Å²) >= 11 is 1.28. The molecule has 158 valence electrons. The number of benzene rings is 2. The molecule has 1 aromatic heterocycles. The molecule has 0 atom stereocenters. The van der Waals surface area contributed by atoms with E-state index in [2.05, 4.69) is 0 Å². The Hall–Kier alpha value is -3.45. The molecule has 1 aliphatic rings. The summed E-state index contributed by atoms with van der Waals surface area (Å²) in [5, 5.41) is 0. The second-order valence-electron chi connectivity index (χ2n) is 6.92. The van der Waals surface area contributed by atoms with Gasteiger partial charge in [-0.25, -0.2) is 4.90 Å². The smallest absolute Gasteiger partial charge is 0.272 e. The molecule has 2 amide bonds. The number of thioether (sulfide) groups is 1. The zero-order valence-electron chi connectivity index (χ0n) is 17.4. The fourth-order valence-electron chi connectivity index (χ4n) is 3.36. The third-order valence-electron chi connectivity index (χ3n) is 4.94. The zero-order valence-corrected chi connectivity index (χ0v) is 18.2. The van der Waals surface area contributed by atoms with E-state index >= 15 is 0 Å². The van der Waals surface area contributed by atoms with Gasteiger partial charge < -0.3 is 13.9 Å². The van der Waals surface area contributed by atoms with Gasteiger partial charge in [-0.2, -0.15) is 0 Å². The van der Waals surface area contributed by atoms with E-state index in [-0.39, 0.29) is 11.8 Å². The maximum Gasteiger partial charge on any atom is 0.272 e. The Morgan fingerprint density at radius 1 is 0.935 bits per heavy atom. The van der Waals surface area contributed by atoms with E-state index in [1.165, 1.54) is 23.8 Å². The van der Waals surface area contributed by atoms with E-state index in [9.17, 15) is 9.59 Å². The van der Waals surface area contributed by atoms with Gasteiger partial charge in [0.15, 0.2) is 11.5 Å². The van der Waals surface area contributed by atoms with Crippen molar-refractivity contribution < 1.29 is 23.5 Å². The molecule has 0 bridgehead atoms. The number of amides is 2. The molecule has 31 heavy (non-hydrogen) atoms. The Balaban J connectivity index is 1.78. The number of aryl methyl sites for hydroxylation is 1. The van der Waals surface area contributed by atoms with Crippen LogP contribution >= 0.6 is 11.8 Å². The number of furan rings is 1. The van der Waals surface area contributed by atoms with Crippen LogP contribution in [0.3, 0.4) is 0 Å². The first-order chi connectivity index (χ1) is 15.0. The molecule has 0 fully saturated rings. The van der Waals surface area contributed by atoms with E-state index < -0.39 is 0 Å². The van der Waals surface area contributed by atoms with Crippen LogP contribution in [0.2, 0.25) is 0 Å². The van der Waals surface area contributed by atoms with Gasteiger partial charge in [0, 0.05) is 0 Å². The number of rotatable bonds is 7. The third-order valence-corrected chi connectivity index (χ3v) is 6.04. The Morgan fingerprint density at radius 2 is 1.68 bits per heavy atom. The summed E-state index contributed by atoms with van der Waals surface area (Å²) in [6.45, 7) is 1.95. The molecule has 0 radical (unpaired) electrons. The maximum atomic E-state index is 13.5. The van der Waals surface area contributed by atoms with Crippen molar-refractivity contribution in [1.82, 2.24) is 0 Å². The average Bonchev–Trinajstić information content (AvgIpc) is 3.38. The number of nitrogens with zero attached hydrogens (tertiary/aromatic N) is 1. The number of methoxy groups -OCH3 is 2. The summed E-state index contributed by atoms with van der Waals surface area (Å²) in [5.74, 6) is 1.46. The Kier molecular flexibility index (Phi) is 5.86. The Bertz CT molecular complexity index is 1150. The number of anilines is 1. The van der Waals surface area contributed by atoms with Crippen molar-refractivity contribution >= 4 is 34.8 Å². The summed E-state index contributed by atoms with van der Waals surface area (Å²) in [6.07, 6.45) is 1.58. The predicted octanol–water partition coefficient (Wildman–Crippen LogP) is 4.82. The van der Waals surface area contributed by atoms with Crippen LogP contribution < -0.4 is 14.4 Å². The number of hydrogen-bond donors (Lipinski definition) is 0. The number of hydrogen-bond acceptors (Lipinski definition) is 6.